The highest BCUT2D eigenvalue weighted by Gasteiger charge is 2.33. The molecule has 20 heavy (non-hydrogen) atoms. The van der Waals surface area contributed by atoms with Crippen molar-refractivity contribution < 1.29 is 4.79 Å². The summed E-state index contributed by atoms with van der Waals surface area (Å²) in [5, 5.41) is 0. The Morgan fingerprint density at radius 3 is 2.60 bits per heavy atom. The Bertz CT molecular complexity index is 591. The zero-order valence-corrected chi connectivity index (χ0v) is 11.2. The number of nitrogens with zero attached hydrogens (tertiary/aromatic N) is 2. The van der Waals surface area contributed by atoms with Gasteiger partial charge in [-0.25, -0.2) is 0 Å². The van der Waals surface area contributed by atoms with E-state index in [2.05, 4.69) is 4.98 Å². The highest BCUT2D eigenvalue weighted by molar-refractivity contribution is 5.94. The molecule has 1 aliphatic rings. The van der Waals surface area contributed by atoms with Crippen LogP contribution in [0, 0.1) is 0 Å². The molecular formula is C16H17N3O. The average Bonchev–Trinajstić information content (AvgIpc) is 3.30. The Hall–Kier alpha value is -2.36. The van der Waals surface area contributed by atoms with Gasteiger partial charge >= 0.3 is 0 Å². The average molecular weight is 267 g/mol. The number of hydrogen-bond acceptors (Lipinski definition) is 3. The van der Waals surface area contributed by atoms with Crippen LogP contribution in [-0.4, -0.2) is 21.8 Å². The normalized spacial score (nSPS) is 14.0. The van der Waals surface area contributed by atoms with Gasteiger partial charge in [-0.2, -0.15) is 0 Å². The van der Waals surface area contributed by atoms with Crippen LogP contribution < -0.4 is 5.73 Å². The lowest BCUT2D eigenvalue weighted by Crippen LogP contribution is -2.32. The number of carbonyl (C=O) groups is 1. The molecule has 2 N–H and O–H groups in total. The van der Waals surface area contributed by atoms with Crippen molar-refractivity contribution in [2.24, 2.45) is 0 Å². The van der Waals surface area contributed by atoms with Crippen molar-refractivity contribution in [3.8, 4) is 0 Å². The summed E-state index contributed by atoms with van der Waals surface area (Å²) in [4.78, 5) is 18.6. The first-order valence-corrected chi connectivity index (χ1v) is 6.79. The molecule has 0 radical (unpaired) electrons. The SMILES string of the molecule is Nc1ccc(C(=O)N(Cc2cccnc2)C2CC2)cc1. The van der Waals surface area contributed by atoms with Crippen LogP contribution in [0.4, 0.5) is 5.69 Å². The van der Waals surface area contributed by atoms with E-state index < -0.39 is 0 Å². The van der Waals surface area contributed by atoms with Crippen LogP contribution in [-0.2, 0) is 6.54 Å². The van der Waals surface area contributed by atoms with Gasteiger partial charge in [-0.1, -0.05) is 6.07 Å². The van der Waals surface area contributed by atoms with Gasteiger partial charge in [0.05, 0.1) is 0 Å². The number of pyridine rings is 1. The molecular weight excluding hydrogens is 250 g/mol. The Morgan fingerprint density at radius 2 is 2.00 bits per heavy atom. The fourth-order valence-corrected chi connectivity index (χ4v) is 2.23. The van der Waals surface area contributed by atoms with Gasteiger partial charge in [0.2, 0.25) is 0 Å². The molecule has 0 unspecified atom stereocenters. The summed E-state index contributed by atoms with van der Waals surface area (Å²) in [5.41, 5.74) is 8.09. The van der Waals surface area contributed by atoms with Gasteiger partial charge in [-0.15, -0.1) is 0 Å². The van der Waals surface area contributed by atoms with Crippen molar-refractivity contribution in [2.75, 3.05) is 5.73 Å². The molecule has 1 aromatic carbocycles. The van der Waals surface area contributed by atoms with Crippen LogP contribution in [0.3, 0.4) is 0 Å². The third-order valence-electron chi connectivity index (χ3n) is 3.48. The van der Waals surface area contributed by atoms with Gasteiger partial charge < -0.3 is 10.6 Å². The van der Waals surface area contributed by atoms with Gasteiger partial charge in [0, 0.05) is 36.2 Å². The van der Waals surface area contributed by atoms with E-state index >= 15 is 0 Å². The van der Waals surface area contributed by atoms with Crippen molar-refractivity contribution >= 4 is 11.6 Å². The summed E-state index contributed by atoms with van der Waals surface area (Å²) in [6.07, 6.45) is 5.72. The van der Waals surface area contributed by atoms with Crippen molar-refractivity contribution in [1.29, 1.82) is 0 Å². The maximum absolute atomic E-state index is 12.6. The number of nitrogen functional groups attached to an aromatic ring is 1. The van der Waals surface area contributed by atoms with Crippen LogP contribution in [0.15, 0.2) is 48.8 Å². The van der Waals surface area contributed by atoms with E-state index in [4.69, 9.17) is 5.73 Å². The highest BCUT2D eigenvalue weighted by Crippen LogP contribution is 2.29. The molecule has 0 spiro atoms. The first kappa shape index (κ1) is 12.7. The number of rotatable bonds is 4. The molecule has 0 atom stereocenters. The van der Waals surface area contributed by atoms with Gasteiger partial charge in [0.15, 0.2) is 0 Å². The van der Waals surface area contributed by atoms with Gasteiger partial charge in [0.1, 0.15) is 0 Å². The number of amides is 1. The Morgan fingerprint density at radius 1 is 1.25 bits per heavy atom. The predicted octanol–water partition coefficient (Wildman–Crippen LogP) is 2.47. The molecule has 1 amide bonds. The number of carbonyl (C=O) groups excluding carboxylic acids is 1. The molecule has 0 aliphatic heterocycles. The van der Waals surface area contributed by atoms with Crippen LogP contribution in [0.5, 0.6) is 0 Å². The Balaban J connectivity index is 1.80. The summed E-state index contributed by atoms with van der Waals surface area (Å²) >= 11 is 0. The minimum absolute atomic E-state index is 0.0661. The zero-order valence-electron chi connectivity index (χ0n) is 11.2. The summed E-state index contributed by atoms with van der Waals surface area (Å²) in [5.74, 6) is 0.0661. The Kier molecular flexibility index (Phi) is 3.37. The largest absolute Gasteiger partial charge is 0.399 e. The van der Waals surface area contributed by atoms with E-state index in [0.29, 0.717) is 23.8 Å². The quantitative estimate of drug-likeness (QED) is 0.866. The minimum Gasteiger partial charge on any atom is -0.399 e. The lowest BCUT2D eigenvalue weighted by Gasteiger charge is -2.22. The molecule has 0 saturated heterocycles. The molecule has 1 fully saturated rings. The smallest absolute Gasteiger partial charge is 0.254 e. The van der Waals surface area contributed by atoms with Gasteiger partial charge in [-0.05, 0) is 48.7 Å². The topological polar surface area (TPSA) is 59.2 Å². The lowest BCUT2D eigenvalue weighted by atomic mass is 10.1. The standard InChI is InChI=1S/C16H17N3O/c17-14-5-3-13(4-6-14)16(20)19(15-7-8-15)11-12-2-1-9-18-10-12/h1-6,9-10,15H,7-8,11,17H2. The van der Waals surface area contributed by atoms with Crippen LogP contribution in [0.25, 0.3) is 0 Å². The van der Waals surface area contributed by atoms with Crippen molar-refractivity contribution in [2.45, 2.75) is 25.4 Å². The Labute approximate surface area is 118 Å². The fourth-order valence-electron chi connectivity index (χ4n) is 2.23. The molecule has 1 heterocycles. The van der Waals surface area contributed by atoms with Crippen molar-refractivity contribution in [3.05, 3.63) is 59.9 Å². The number of aromatic nitrogens is 1. The van der Waals surface area contributed by atoms with E-state index in [9.17, 15) is 4.79 Å². The first-order chi connectivity index (χ1) is 9.74. The summed E-state index contributed by atoms with van der Waals surface area (Å²) < 4.78 is 0. The number of hydrogen-bond donors (Lipinski definition) is 1. The van der Waals surface area contributed by atoms with Gasteiger partial charge in [-0.3, -0.25) is 9.78 Å². The predicted molar refractivity (Wildman–Crippen MR) is 78.0 cm³/mol. The third-order valence-corrected chi connectivity index (χ3v) is 3.48. The number of anilines is 1. The summed E-state index contributed by atoms with van der Waals surface area (Å²) in [6, 6.07) is 11.4. The molecule has 4 nitrogen and oxygen atoms in total. The number of benzene rings is 1. The molecule has 102 valence electrons. The zero-order chi connectivity index (χ0) is 13.9. The second-order valence-corrected chi connectivity index (χ2v) is 5.15. The maximum atomic E-state index is 12.6. The lowest BCUT2D eigenvalue weighted by molar-refractivity contribution is 0.0730. The van der Waals surface area contributed by atoms with Crippen LogP contribution >= 0.6 is 0 Å². The fraction of sp³-hybridized carbons (Fsp3) is 0.250. The summed E-state index contributed by atoms with van der Waals surface area (Å²) in [6.45, 7) is 0.613. The number of nitrogens with two attached hydrogens (primary N) is 1. The van der Waals surface area contributed by atoms with E-state index in [-0.39, 0.29) is 5.91 Å². The van der Waals surface area contributed by atoms with Crippen LogP contribution in [0.2, 0.25) is 0 Å². The maximum Gasteiger partial charge on any atom is 0.254 e. The van der Waals surface area contributed by atoms with Crippen molar-refractivity contribution in [1.82, 2.24) is 9.88 Å². The molecule has 1 aromatic heterocycles. The van der Waals surface area contributed by atoms with Gasteiger partial charge in [0.25, 0.3) is 5.91 Å². The van der Waals surface area contributed by atoms with E-state index in [1.807, 2.05) is 23.2 Å². The molecule has 1 saturated carbocycles. The second kappa shape index (κ2) is 5.33. The molecule has 4 heteroatoms. The molecule has 1 aliphatic carbocycles. The van der Waals surface area contributed by atoms with E-state index in [1.165, 1.54) is 0 Å². The molecule has 2 aromatic rings. The second-order valence-electron chi connectivity index (χ2n) is 5.15. The first-order valence-electron chi connectivity index (χ1n) is 6.79. The molecule has 0 bridgehead atoms. The van der Waals surface area contributed by atoms with E-state index in [1.54, 1.807) is 30.5 Å². The highest BCUT2D eigenvalue weighted by atomic mass is 16.2. The van der Waals surface area contributed by atoms with Crippen LogP contribution in [0.1, 0.15) is 28.8 Å². The van der Waals surface area contributed by atoms with Crippen molar-refractivity contribution in [3.63, 3.8) is 0 Å². The minimum atomic E-state index is 0.0661. The molecule has 3 rings (SSSR count). The monoisotopic (exact) mass is 267 g/mol. The van der Waals surface area contributed by atoms with E-state index in [0.717, 1.165) is 18.4 Å². The summed E-state index contributed by atoms with van der Waals surface area (Å²) in [7, 11) is 0. The third kappa shape index (κ3) is 2.79.